The van der Waals surface area contributed by atoms with Crippen LogP contribution in [0.2, 0.25) is 5.02 Å². The molecule has 5 nitrogen and oxygen atoms in total. The molecule has 0 aliphatic rings. The van der Waals surface area contributed by atoms with Crippen molar-refractivity contribution < 1.29 is 4.79 Å². The van der Waals surface area contributed by atoms with E-state index in [0.29, 0.717) is 22.5 Å². The zero-order valence-corrected chi connectivity index (χ0v) is 13.1. The molecule has 0 saturated heterocycles. The molecule has 0 bridgehead atoms. The van der Waals surface area contributed by atoms with Crippen molar-refractivity contribution in [3.8, 4) is 11.8 Å². The van der Waals surface area contributed by atoms with Gasteiger partial charge in [0.1, 0.15) is 16.9 Å². The van der Waals surface area contributed by atoms with Gasteiger partial charge in [0, 0.05) is 11.1 Å². The van der Waals surface area contributed by atoms with Crippen LogP contribution in [0.5, 0.6) is 0 Å². The van der Waals surface area contributed by atoms with Crippen LogP contribution in [-0.2, 0) is 0 Å². The van der Waals surface area contributed by atoms with Gasteiger partial charge in [0.15, 0.2) is 0 Å². The molecular formula is C17H11ClN2O3. The Morgan fingerprint density at radius 2 is 1.61 bits per heavy atom. The normalized spacial score (nSPS) is 10.6. The van der Waals surface area contributed by atoms with E-state index in [2.05, 4.69) is 11.8 Å². The van der Waals surface area contributed by atoms with E-state index in [0.717, 1.165) is 10.8 Å². The summed E-state index contributed by atoms with van der Waals surface area (Å²) in [4.78, 5) is 35.0. The number of aryl methyl sites for hydroxylation is 2. The molecule has 0 saturated carbocycles. The molecule has 3 rings (SSSR count). The van der Waals surface area contributed by atoms with Crippen LogP contribution in [0.15, 0.2) is 33.9 Å². The van der Waals surface area contributed by atoms with Crippen molar-refractivity contribution >= 4 is 17.9 Å². The number of nitrogens with zero attached hydrogens (tertiary/aromatic N) is 2. The van der Waals surface area contributed by atoms with Crippen molar-refractivity contribution in [2.75, 3.05) is 0 Å². The second-order valence-corrected chi connectivity index (χ2v) is 5.46. The highest BCUT2D eigenvalue weighted by Gasteiger charge is 2.20. The highest BCUT2D eigenvalue weighted by molar-refractivity contribution is 6.31. The molecule has 114 valence electrons. The SMILES string of the molecule is Cc1c(Cl)c(=O)n2c(=O)c(C#Cc3ccc(C=O)cc3)c(C)n12. The van der Waals surface area contributed by atoms with Crippen molar-refractivity contribution in [2.45, 2.75) is 13.8 Å². The van der Waals surface area contributed by atoms with Gasteiger partial charge in [-0.2, -0.15) is 4.52 Å². The third-order valence-corrected chi connectivity index (χ3v) is 4.12. The average Bonchev–Trinajstić information content (AvgIpc) is 2.94. The Morgan fingerprint density at radius 1 is 0.957 bits per heavy atom. The number of aromatic nitrogens is 2. The van der Waals surface area contributed by atoms with Gasteiger partial charge in [-0.05, 0) is 26.0 Å². The number of aldehydes is 1. The van der Waals surface area contributed by atoms with Gasteiger partial charge in [-0.3, -0.25) is 14.4 Å². The van der Waals surface area contributed by atoms with E-state index in [1.165, 1.54) is 4.52 Å². The minimum absolute atomic E-state index is 0.0363. The van der Waals surface area contributed by atoms with Crippen LogP contribution in [0, 0.1) is 25.7 Å². The third kappa shape index (κ3) is 2.24. The summed E-state index contributed by atoms with van der Waals surface area (Å²) in [6, 6.07) is 6.68. The average molecular weight is 327 g/mol. The van der Waals surface area contributed by atoms with Gasteiger partial charge in [-0.25, -0.2) is 4.52 Å². The van der Waals surface area contributed by atoms with Gasteiger partial charge in [0.05, 0.1) is 11.4 Å². The van der Waals surface area contributed by atoms with E-state index >= 15 is 0 Å². The molecule has 0 radical (unpaired) electrons. The first kappa shape index (κ1) is 15.1. The Balaban J connectivity index is 2.17. The maximum absolute atomic E-state index is 12.4. The van der Waals surface area contributed by atoms with Gasteiger partial charge in [0.25, 0.3) is 11.1 Å². The first-order valence-corrected chi connectivity index (χ1v) is 7.17. The fourth-order valence-corrected chi connectivity index (χ4v) is 2.62. The monoisotopic (exact) mass is 326 g/mol. The fraction of sp³-hybridized carbons (Fsp3) is 0.118. The van der Waals surface area contributed by atoms with Gasteiger partial charge in [-0.15, -0.1) is 0 Å². The number of fused-ring (bicyclic) bond motifs is 1. The molecule has 23 heavy (non-hydrogen) atoms. The summed E-state index contributed by atoms with van der Waals surface area (Å²) in [5.41, 5.74) is 1.52. The topological polar surface area (TPSA) is 60.0 Å². The van der Waals surface area contributed by atoms with Crippen molar-refractivity contribution in [1.82, 2.24) is 9.03 Å². The van der Waals surface area contributed by atoms with E-state index in [1.54, 1.807) is 38.1 Å². The van der Waals surface area contributed by atoms with Crippen LogP contribution in [0.25, 0.3) is 0 Å². The second kappa shape index (κ2) is 5.41. The summed E-state index contributed by atoms with van der Waals surface area (Å²) < 4.78 is 2.47. The van der Waals surface area contributed by atoms with Gasteiger partial charge in [0.2, 0.25) is 0 Å². The standard InChI is InChI=1S/C17H11ClN2O3/c1-10-14(8-7-12-3-5-13(9-21)6-4-12)16(22)20-17(23)15(18)11(2)19(10)20/h3-6,9H,1-2H3. The number of carbonyl (C=O) groups excluding carboxylic acids is 1. The fourth-order valence-electron chi connectivity index (χ4n) is 2.46. The van der Waals surface area contributed by atoms with E-state index in [4.69, 9.17) is 11.6 Å². The quantitative estimate of drug-likeness (QED) is 0.505. The van der Waals surface area contributed by atoms with Gasteiger partial charge < -0.3 is 0 Å². The number of halogens is 1. The molecule has 6 heteroatoms. The van der Waals surface area contributed by atoms with Crippen molar-refractivity contribution in [3.63, 3.8) is 0 Å². The third-order valence-electron chi connectivity index (χ3n) is 3.68. The van der Waals surface area contributed by atoms with E-state index in [-0.39, 0.29) is 10.6 Å². The lowest BCUT2D eigenvalue weighted by Crippen LogP contribution is -2.22. The molecule has 0 spiro atoms. The smallest absolute Gasteiger partial charge is 0.293 e. The molecule has 2 heterocycles. The summed E-state index contributed by atoms with van der Waals surface area (Å²) in [5, 5.41) is 0.0363. The van der Waals surface area contributed by atoms with Crippen LogP contribution >= 0.6 is 11.6 Å². The predicted octanol–water partition coefficient (Wildman–Crippen LogP) is 1.68. The van der Waals surface area contributed by atoms with Crippen LogP contribution in [0.1, 0.15) is 32.9 Å². The van der Waals surface area contributed by atoms with Crippen LogP contribution in [0.4, 0.5) is 0 Å². The van der Waals surface area contributed by atoms with Gasteiger partial charge in [-0.1, -0.05) is 35.6 Å². The lowest BCUT2D eigenvalue weighted by molar-refractivity contribution is 0.112. The first-order valence-electron chi connectivity index (χ1n) is 6.79. The van der Waals surface area contributed by atoms with Crippen molar-refractivity contribution in [3.05, 3.63) is 78.1 Å². The second-order valence-electron chi connectivity index (χ2n) is 5.08. The zero-order valence-electron chi connectivity index (χ0n) is 12.4. The van der Waals surface area contributed by atoms with Gasteiger partial charge >= 0.3 is 0 Å². The number of benzene rings is 1. The molecule has 0 amide bonds. The molecule has 0 aliphatic carbocycles. The Bertz CT molecular complexity index is 1100. The Morgan fingerprint density at radius 3 is 2.17 bits per heavy atom. The molecule has 0 atom stereocenters. The number of hydrogen-bond acceptors (Lipinski definition) is 3. The summed E-state index contributed by atoms with van der Waals surface area (Å²) in [5.74, 6) is 5.68. The molecule has 2 aromatic heterocycles. The lowest BCUT2D eigenvalue weighted by atomic mass is 10.1. The first-order chi connectivity index (χ1) is 11.0. The molecule has 0 N–H and O–H groups in total. The van der Waals surface area contributed by atoms with Crippen LogP contribution in [0.3, 0.4) is 0 Å². The Kier molecular flexibility index (Phi) is 3.55. The molecule has 1 aromatic carbocycles. The summed E-state index contributed by atoms with van der Waals surface area (Å²) in [6.07, 6.45) is 0.747. The van der Waals surface area contributed by atoms with Crippen molar-refractivity contribution in [2.24, 2.45) is 0 Å². The largest absolute Gasteiger partial charge is 0.298 e. The highest BCUT2D eigenvalue weighted by Crippen LogP contribution is 2.13. The summed E-state index contributed by atoms with van der Waals surface area (Å²) in [6.45, 7) is 3.38. The van der Waals surface area contributed by atoms with Crippen LogP contribution in [-0.4, -0.2) is 15.3 Å². The number of carbonyl (C=O) groups is 1. The molecule has 0 fully saturated rings. The minimum Gasteiger partial charge on any atom is -0.298 e. The Labute approximate surface area is 136 Å². The number of hydrogen-bond donors (Lipinski definition) is 0. The summed E-state index contributed by atoms with van der Waals surface area (Å²) >= 11 is 5.90. The Hall–Kier alpha value is -2.84. The van der Waals surface area contributed by atoms with E-state index in [1.807, 2.05) is 0 Å². The highest BCUT2D eigenvalue weighted by atomic mass is 35.5. The lowest BCUT2D eigenvalue weighted by Gasteiger charge is -1.94. The molecular weight excluding hydrogens is 316 g/mol. The molecule has 0 unspecified atom stereocenters. The molecule has 3 aromatic rings. The zero-order chi connectivity index (χ0) is 16.7. The predicted molar refractivity (Wildman–Crippen MR) is 86.9 cm³/mol. The minimum atomic E-state index is -0.541. The maximum Gasteiger partial charge on any atom is 0.293 e. The van der Waals surface area contributed by atoms with Crippen molar-refractivity contribution in [1.29, 1.82) is 0 Å². The number of rotatable bonds is 1. The maximum atomic E-state index is 12.4. The summed E-state index contributed by atoms with van der Waals surface area (Å²) in [7, 11) is 0. The van der Waals surface area contributed by atoms with E-state index < -0.39 is 11.1 Å². The molecule has 0 aliphatic heterocycles. The van der Waals surface area contributed by atoms with E-state index in [9.17, 15) is 14.4 Å². The van der Waals surface area contributed by atoms with Crippen LogP contribution < -0.4 is 11.1 Å².